The molecule has 1 aliphatic rings. The van der Waals surface area contributed by atoms with Crippen LogP contribution in [0.15, 0.2) is 18.3 Å². The van der Waals surface area contributed by atoms with Crippen LogP contribution in [0.25, 0.3) is 5.65 Å². The average Bonchev–Trinajstić information content (AvgIpc) is 2.81. The lowest BCUT2D eigenvalue weighted by atomic mass is 9.96. The summed E-state index contributed by atoms with van der Waals surface area (Å²) in [6, 6.07) is 4.12. The number of carbonyl (C=O) groups is 1. The minimum atomic E-state index is 0.167. The van der Waals surface area contributed by atoms with Crippen molar-refractivity contribution in [3.05, 3.63) is 29.7 Å². The molecule has 0 unspecified atom stereocenters. The van der Waals surface area contributed by atoms with Crippen LogP contribution in [0.5, 0.6) is 0 Å². The number of aryl methyl sites for hydroxylation is 1. The molecule has 3 heterocycles. The summed E-state index contributed by atoms with van der Waals surface area (Å²) < 4.78 is 2.07. The van der Waals surface area contributed by atoms with Crippen molar-refractivity contribution in [2.75, 3.05) is 13.1 Å². The Morgan fingerprint density at radius 3 is 2.74 bits per heavy atom. The van der Waals surface area contributed by atoms with Gasteiger partial charge in [-0.25, -0.2) is 0 Å². The van der Waals surface area contributed by atoms with Crippen LogP contribution in [0.4, 0.5) is 0 Å². The number of aromatic nitrogens is 3. The van der Waals surface area contributed by atoms with E-state index < -0.39 is 0 Å². The van der Waals surface area contributed by atoms with E-state index in [0.717, 1.165) is 37.4 Å². The van der Waals surface area contributed by atoms with Crippen molar-refractivity contribution in [1.82, 2.24) is 19.5 Å². The molecule has 0 radical (unpaired) electrons. The Bertz CT molecular complexity index is 611. The Morgan fingerprint density at radius 1 is 1.32 bits per heavy atom. The molecule has 5 nitrogen and oxygen atoms in total. The third kappa shape index (κ3) is 2.20. The Balaban J connectivity index is 1.84. The number of pyridine rings is 1. The minimum Gasteiger partial charge on any atom is -0.343 e. The topological polar surface area (TPSA) is 50.5 Å². The molecule has 0 N–H and O–H groups in total. The van der Waals surface area contributed by atoms with Gasteiger partial charge in [-0.2, -0.15) is 0 Å². The molecule has 100 valence electrons. The highest BCUT2D eigenvalue weighted by atomic mass is 16.2. The van der Waals surface area contributed by atoms with Gasteiger partial charge in [0.15, 0.2) is 5.65 Å². The second-order valence-electron chi connectivity index (χ2n) is 5.27. The number of amides is 1. The van der Waals surface area contributed by atoms with Gasteiger partial charge in [0, 0.05) is 32.1 Å². The second kappa shape index (κ2) is 4.64. The van der Waals surface area contributed by atoms with Crippen molar-refractivity contribution in [2.45, 2.75) is 32.6 Å². The highest BCUT2D eigenvalue weighted by Crippen LogP contribution is 2.27. The summed E-state index contributed by atoms with van der Waals surface area (Å²) in [6.07, 6.45) is 3.97. The summed E-state index contributed by atoms with van der Waals surface area (Å²) >= 11 is 0. The van der Waals surface area contributed by atoms with Crippen LogP contribution in [0.1, 0.15) is 37.1 Å². The largest absolute Gasteiger partial charge is 0.343 e. The zero-order valence-electron chi connectivity index (χ0n) is 11.3. The normalized spacial score (nSPS) is 17.1. The van der Waals surface area contributed by atoms with Gasteiger partial charge in [-0.1, -0.05) is 0 Å². The number of nitrogens with zero attached hydrogens (tertiary/aromatic N) is 4. The van der Waals surface area contributed by atoms with E-state index in [1.807, 2.05) is 17.2 Å². The smallest absolute Gasteiger partial charge is 0.219 e. The SMILES string of the molecule is CC(=O)N1CCC(c2nnc3cc(C)ccn23)CC1. The number of hydrogen-bond acceptors (Lipinski definition) is 3. The van der Waals surface area contributed by atoms with Crippen molar-refractivity contribution < 1.29 is 4.79 Å². The fraction of sp³-hybridized carbons (Fsp3) is 0.500. The molecule has 3 rings (SSSR count). The summed E-state index contributed by atoms with van der Waals surface area (Å²) in [6.45, 7) is 5.33. The highest BCUT2D eigenvalue weighted by molar-refractivity contribution is 5.73. The summed E-state index contributed by atoms with van der Waals surface area (Å²) in [5.74, 6) is 1.59. The second-order valence-corrected chi connectivity index (χ2v) is 5.27. The van der Waals surface area contributed by atoms with Gasteiger partial charge in [-0.15, -0.1) is 10.2 Å². The lowest BCUT2D eigenvalue weighted by Gasteiger charge is -2.30. The third-order valence-electron chi connectivity index (χ3n) is 3.90. The van der Waals surface area contributed by atoms with Crippen LogP contribution in [0.2, 0.25) is 0 Å². The molecule has 1 amide bonds. The zero-order valence-corrected chi connectivity index (χ0v) is 11.3. The quantitative estimate of drug-likeness (QED) is 0.783. The van der Waals surface area contributed by atoms with Gasteiger partial charge in [-0.3, -0.25) is 9.20 Å². The van der Waals surface area contributed by atoms with E-state index in [9.17, 15) is 4.79 Å². The molecule has 19 heavy (non-hydrogen) atoms. The van der Waals surface area contributed by atoms with Gasteiger partial charge in [0.25, 0.3) is 0 Å². The number of hydrogen-bond donors (Lipinski definition) is 0. The van der Waals surface area contributed by atoms with Crippen LogP contribution in [-0.4, -0.2) is 38.5 Å². The van der Waals surface area contributed by atoms with E-state index >= 15 is 0 Å². The molecular weight excluding hydrogens is 240 g/mol. The summed E-state index contributed by atoms with van der Waals surface area (Å²) in [5.41, 5.74) is 2.10. The van der Waals surface area contributed by atoms with Gasteiger partial charge in [0.2, 0.25) is 5.91 Å². The van der Waals surface area contributed by atoms with Crippen LogP contribution >= 0.6 is 0 Å². The first-order valence-electron chi connectivity index (χ1n) is 6.72. The lowest BCUT2D eigenvalue weighted by molar-refractivity contribution is -0.129. The van der Waals surface area contributed by atoms with E-state index in [1.165, 1.54) is 5.56 Å². The van der Waals surface area contributed by atoms with Crippen molar-refractivity contribution in [3.8, 4) is 0 Å². The maximum atomic E-state index is 11.3. The van der Waals surface area contributed by atoms with Crippen molar-refractivity contribution >= 4 is 11.6 Å². The molecule has 2 aromatic rings. The number of rotatable bonds is 1. The van der Waals surface area contributed by atoms with Crippen molar-refractivity contribution in [1.29, 1.82) is 0 Å². The number of piperidine rings is 1. The predicted molar refractivity (Wildman–Crippen MR) is 72.0 cm³/mol. The number of fused-ring (bicyclic) bond motifs is 1. The van der Waals surface area contributed by atoms with Crippen LogP contribution in [0, 0.1) is 6.92 Å². The molecule has 1 fully saturated rings. The van der Waals surface area contributed by atoms with Crippen LogP contribution in [-0.2, 0) is 4.79 Å². The van der Waals surface area contributed by atoms with E-state index in [1.54, 1.807) is 6.92 Å². The molecule has 0 saturated carbocycles. The van der Waals surface area contributed by atoms with E-state index in [-0.39, 0.29) is 5.91 Å². The molecule has 0 spiro atoms. The molecule has 0 aromatic carbocycles. The Hall–Kier alpha value is -1.91. The van der Waals surface area contributed by atoms with Gasteiger partial charge in [-0.05, 0) is 37.5 Å². The maximum absolute atomic E-state index is 11.3. The number of carbonyl (C=O) groups excluding carboxylic acids is 1. The van der Waals surface area contributed by atoms with Crippen molar-refractivity contribution in [2.24, 2.45) is 0 Å². The van der Waals surface area contributed by atoms with Gasteiger partial charge in [0.05, 0.1) is 0 Å². The molecule has 2 aromatic heterocycles. The standard InChI is InChI=1S/C14H18N4O/c1-10-3-8-18-13(9-10)15-16-14(18)12-4-6-17(7-5-12)11(2)19/h3,8-9,12H,4-7H2,1-2H3. The van der Waals surface area contributed by atoms with Gasteiger partial charge in [0.1, 0.15) is 5.82 Å². The van der Waals surface area contributed by atoms with Crippen LogP contribution < -0.4 is 0 Å². The highest BCUT2D eigenvalue weighted by Gasteiger charge is 2.25. The summed E-state index contributed by atoms with van der Waals surface area (Å²) in [4.78, 5) is 13.2. The Labute approximate surface area is 112 Å². The molecule has 0 atom stereocenters. The zero-order chi connectivity index (χ0) is 13.4. The van der Waals surface area contributed by atoms with Crippen LogP contribution in [0.3, 0.4) is 0 Å². The van der Waals surface area contributed by atoms with Crippen molar-refractivity contribution in [3.63, 3.8) is 0 Å². The molecule has 1 aliphatic heterocycles. The molecule has 0 aliphatic carbocycles. The predicted octanol–water partition coefficient (Wildman–Crippen LogP) is 1.76. The van der Waals surface area contributed by atoms with E-state index in [4.69, 9.17) is 0 Å². The lowest BCUT2D eigenvalue weighted by Crippen LogP contribution is -2.36. The first-order chi connectivity index (χ1) is 9.15. The summed E-state index contributed by atoms with van der Waals surface area (Å²) in [5, 5.41) is 8.58. The Kier molecular flexibility index (Phi) is 2.97. The molecule has 5 heteroatoms. The van der Waals surface area contributed by atoms with E-state index in [2.05, 4.69) is 27.6 Å². The third-order valence-corrected chi connectivity index (χ3v) is 3.90. The maximum Gasteiger partial charge on any atom is 0.219 e. The fourth-order valence-corrected chi connectivity index (χ4v) is 2.74. The molecule has 0 bridgehead atoms. The molecule has 1 saturated heterocycles. The molecular formula is C14H18N4O. The summed E-state index contributed by atoms with van der Waals surface area (Å²) in [7, 11) is 0. The first-order valence-corrected chi connectivity index (χ1v) is 6.72. The van der Waals surface area contributed by atoms with E-state index in [0.29, 0.717) is 5.92 Å². The average molecular weight is 258 g/mol. The monoisotopic (exact) mass is 258 g/mol. The first kappa shape index (κ1) is 12.1. The van der Waals surface area contributed by atoms with Gasteiger partial charge < -0.3 is 4.90 Å². The minimum absolute atomic E-state index is 0.167. The fourth-order valence-electron chi connectivity index (χ4n) is 2.74. The van der Waals surface area contributed by atoms with Gasteiger partial charge >= 0.3 is 0 Å². The Morgan fingerprint density at radius 2 is 2.05 bits per heavy atom. The number of likely N-dealkylation sites (tertiary alicyclic amines) is 1.